The van der Waals surface area contributed by atoms with Crippen molar-refractivity contribution in [2.24, 2.45) is 5.16 Å². The quantitative estimate of drug-likeness (QED) is 0.0755. The zero-order valence-electron chi connectivity index (χ0n) is 19.2. The standard InChI is InChI=1S/C20H23N5O9S2/c1-9(26)5-12(27)33-6-10-7-35-18-14(17(29)25(18)15(10)19(30)31)23-16(28)13(24-34-4-3-32-2)11-8-36-20(21)22-11/h8,14,18H,3-7H2,1-2H3,(H2,21,22)(H,23,28)(H,30,31)/t14-,18+/m1/s1. The highest BCUT2D eigenvalue weighted by Crippen LogP contribution is 2.40. The van der Waals surface area contributed by atoms with Crippen LogP contribution in [0.1, 0.15) is 19.0 Å². The number of nitrogens with one attached hydrogen (secondary N) is 1. The second-order valence-electron chi connectivity index (χ2n) is 7.49. The van der Waals surface area contributed by atoms with Gasteiger partial charge in [0.2, 0.25) is 0 Å². The number of fused-ring (bicyclic) bond motifs is 1. The van der Waals surface area contributed by atoms with E-state index < -0.39 is 47.4 Å². The average Bonchev–Trinajstić information content (AvgIpc) is 3.25. The highest BCUT2D eigenvalue weighted by molar-refractivity contribution is 8.00. The lowest BCUT2D eigenvalue weighted by molar-refractivity contribution is -0.150. The number of nitrogens with zero attached hydrogens (tertiary/aromatic N) is 3. The third-order valence-electron chi connectivity index (χ3n) is 4.85. The van der Waals surface area contributed by atoms with E-state index in [1.165, 1.54) is 31.2 Å². The first-order chi connectivity index (χ1) is 17.1. The van der Waals surface area contributed by atoms with Crippen molar-refractivity contribution < 1.29 is 43.4 Å². The second kappa shape index (κ2) is 12.0. The largest absolute Gasteiger partial charge is 0.477 e. The number of carboxylic acid groups (broad SMARTS) is 1. The lowest BCUT2D eigenvalue weighted by atomic mass is 10.0. The van der Waals surface area contributed by atoms with Crippen molar-refractivity contribution in [3.05, 3.63) is 22.3 Å². The number of ether oxygens (including phenoxy) is 2. The molecule has 36 heavy (non-hydrogen) atoms. The molecule has 2 aliphatic rings. The number of rotatable bonds is 12. The first-order valence-corrected chi connectivity index (χ1v) is 12.3. The number of nitrogens with two attached hydrogens (primary N) is 1. The van der Waals surface area contributed by atoms with Crippen LogP contribution in [0.2, 0.25) is 0 Å². The number of anilines is 1. The first-order valence-electron chi connectivity index (χ1n) is 10.4. The number of amides is 2. The molecule has 0 radical (unpaired) electrons. The molecular weight excluding hydrogens is 518 g/mol. The fraction of sp³-hybridized carbons (Fsp3) is 0.450. The predicted octanol–water partition coefficient (Wildman–Crippen LogP) is -0.647. The van der Waals surface area contributed by atoms with Gasteiger partial charge in [0, 0.05) is 23.8 Å². The van der Waals surface area contributed by atoms with Gasteiger partial charge in [-0.2, -0.15) is 0 Å². The number of ketones is 1. The molecule has 3 rings (SSSR count). The summed E-state index contributed by atoms with van der Waals surface area (Å²) < 4.78 is 9.85. The van der Waals surface area contributed by atoms with E-state index in [4.69, 9.17) is 20.0 Å². The number of methoxy groups -OCH3 is 1. The van der Waals surface area contributed by atoms with Crippen LogP contribution in [0.4, 0.5) is 5.13 Å². The fourth-order valence-electron chi connectivity index (χ4n) is 3.26. The minimum Gasteiger partial charge on any atom is -0.477 e. The van der Waals surface area contributed by atoms with Crippen molar-refractivity contribution >= 4 is 63.5 Å². The van der Waals surface area contributed by atoms with Gasteiger partial charge in [-0.05, 0) is 6.92 Å². The summed E-state index contributed by atoms with van der Waals surface area (Å²) in [6.45, 7) is 1.13. The molecule has 2 amide bonds. The van der Waals surface area contributed by atoms with Crippen LogP contribution < -0.4 is 11.1 Å². The second-order valence-corrected chi connectivity index (χ2v) is 9.49. The van der Waals surface area contributed by atoms with E-state index in [1.54, 1.807) is 0 Å². The van der Waals surface area contributed by atoms with Crippen LogP contribution in [0.15, 0.2) is 21.8 Å². The molecule has 1 saturated heterocycles. The minimum absolute atomic E-state index is 0.0635. The molecular formula is C20H23N5O9S2. The van der Waals surface area contributed by atoms with Crippen LogP contribution in [0.3, 0.4) is 0 Å². The number of aromatic nitrogens is 1. The Bertz CT molecular complexity index is 1130. The number of β-lactam (4-membered cyclic amide) rings is 1. The molecule has 0 aliphatic carbocycles. The fourth-order valence-corrected chi connectivity index (χ4v) is 5.13. The van der Waals surface area contributed by atoms with E-state index in [1.807, 2.05) is 0 Å². The van der Waals surface area contributed by atoms with Crippen LogP contribution in [-0.2, 0) is 38.3 Å². The number of hydrogen-bond acceptors (Lipinski definition) is 13. The van der Waals surface area contributed by atoms with Gasteiger partial charge in [0.1, 0.15) is 48.2 Å². The van der Waals surface area contributed by atoms with E-state index in [0.717, 1.165) is 16.2 Å². The van der Waals surface area contributed by atoms with Gasteiger partial charge in [-0.25, -0.2) is 9.78 Å². The molecule has 0 saturated carbocycles. The van der Waals surface area contributed by atoms with Gasteiger partial charge in [-0.1, -0.05) is 5.16 Å². The van der Waals surface area contributed by atoms with Gasteiger partial charge in [0.15, 0.2) is 10.8 Å². The van der Waals surface area contributed by atoms with Crippen LogP contribution in [0.25, 0.3) is 0 Å². The van der Waals surface area contributed by atoms with Gasteiger partial charge in [0.05, 0.1) is 6.61 Å². The van der Waals surface area contributed by atoms with Crippen molar-refractivity contribution in [2.45, 2.75) is 24.8 Å². The topological polar surface area (TPSA) is 200 Å². The minimum atomic E-state index is -1.39. The number of esters is 1. The van der Waals surface area contributed by atoms with E-state index >= 15 is 0 Å². The molecule has 2 atom stereocenters. The molecule has 0 aromatic carbocycles. The van der Waals surface area contributed by atoms with Crippen molar-refractivity contribution in [2.75, 3.05) is 38.4 Å². The zero-order chi connectivity index (χ0) is 26.4. The molecule has 194 valence electrons. The van der Waals surface area contributed by atoms with Crippen LogP contribution in [-0.4, -0.2) is 94.3 Å². The van der Waals surface area contributed by atoms with E-state index in [9.17, 15) is 29.1 Å². The van der Waals surface area contributed by atoms with Crippen molar-refractivity contribution in [3.8, 4) is 0 Å². The third-order valence-corrected chi connectivity index (χ3v) is 6.86. The number of carbonyl (C=O) groups excluding carboxylic acids is 4. The van der Waals surface area contributed by atoms with Crippen LogP contribution >= 0.6 is 23.1 Å². The van der Waals surface area contributed by atoms with Crippen LogP contribution in [0, 0.1) is 0 Å². The summed E-state index contributed by atoms with van der Waals surface area (Å²) in [7, 11) is 1.47. The Kier molecular flexibility index (Phi) is 9.00. The molecule has 0 bridgehead atoms. The number of thiazole rings is 1. The number of oxime groups is 1. The molecule has 16 heteroatoms. The van der Waals surface area contributed by atoms with E-state index in [-0.39, 0.29) is 53.4 Å². The van der Waals surface area contributed by atoms with Crippen molar-refractivity contribution in [1.29, 1.82) is 0 Å². The van der Waals surface area contributed by atoms with Gasteiger partial charge in [-0.15, -0.1) is 23.1 Å². The average molecular weight is 542 g/mol. The number of Topliss-reactive ketones (excluding diaryl/α,β-unsaturated/α-hetero) is 1. The van der Waals surface area contributed by atoms with Gasteiger partial charge < -0.3 is 30.5 Å². The Morgan fingerprint density at radius 2 is 2.08 bits per heavy atom. The van der Waals surface area contributed by atoms with Crippen molar-refractivity contribution in [3.63, 3.8) is 0 Å². The van der Waals surface area contributed by atoms with Gasteiger partial charge in [-0.3, -0.25) is 24.1 Å². The monoisotopic (exact) mass is 541 g/mol. The Labute approximate surface area is 212 Å². The lowest BCUT2D eigenvalue weighted by Gasteiger charge is -2.49. The predicted molar refractivity (Wildman–Crippen MR) is 127 cm³/mol. The Morgan fingerprint density at radius 3 is 2.69 bits per heavy atom. The molecule has 2 aliphatic heterocycles. The summed E-state index contributed by atoms with van der Waals surface area (Å²) in [4.78, 5) is 70.6. The number of nitrogen functional groups attached to an aromatic ring is 1. The van der Waals surface area contributed by atoms with Crippen LogP contribution in [0.5, 0.6) is 0 Å². The lowest BCUT2D eigenvalue weighted by Crippen LogP contribution is -2.71. The number of thioether (sulfide) groups is 1. The number of aliphatic carboxylic acids is 1. The molecule has 14 nitrogen and oxygen atoms in total. The maximum absolute atomic E-state index is 13.0. The third kappa shape index (κ3) is 6.19. The SMILES string of the molecule is COCCON=C(C(=O)N[C@@H]1C(=O)N2C(C(=O)O)=C(COC(=O)CC(C)=O)CS[C@@H]12)c1csc(N)n1. The summed E-state index contributed by atoms with van der Waals surface area (Å²) in [6, 6.07) is -1.04. The van der Waals surface area contributed by atoms with E-state index in [2.05, 4.69) is 15.5 Å². The first kappa shape index (κ1) is 27.1. The zero-order valence-corrected chi connectivity index (χ0v) is 20.8. The maximum atomic E-state index is 13.0. The molecule has 1 fully saturated rings. The number of carboxylic acids is 1. The molecule has 4 N–H and O–H groups in total. The molecule has 3 heterocycles. The summed E-state index contributed by atoms with van der Waals surface area (Å²) >= 11 is 2.27. The maximum Gasteiger partial charge on any atom is 0.352 e. The Morgan fingerprint density at radius 1 is 1.33 bits per heavy atom. The normalized spacial score (nSPS) is 19.3. The summed E-state index contributed by atoms with van der Waals surface area (Å²) in [6.07, 6.45) is -0.439. The Hall–Kier alpha value is -3.50. The number of carbonyl (C=O) groups is 5. The molecule has 1 aromatic heterocycles. The molecule has 0 unspecified atom stereocenters. The van der Waals surface area contributed by atoms with Gasteiger partial charge >= 0.3 is 11.9 Å². The van der Waals surface area contributed by atoms with Crippen molar-refractivity contribution in [1.82, 2.24) is 15.2 Å². The van der Waals surface area contributed by atoms with E-state index in [0.29, 0.717) is 0 Å². The molecule has 1 aromatic rings. The van der Waals surface area contributed by atoms with Gasteiger partial charge in [0.25, 0.3) is 11.8 Å². The molecule has 0 spiro atoms. The smallest absolute Gasteiger partial charge is 0.352 e. The number of hydrogen-bond donors (Lipinski definition) is 3. The summed E-state index contributed by atoms with van der Waals surface area (Å²) in [5.74, 6) is -3.88. The summed E-state index contributed by atoms with van der Waals surface area (Å²) in [5, 5.41) is 17.1. The highest BCUT2D eigenvalue weighted by atomic mass is 32.2. The summed E-state index contributed by atoms with van der Waals surface area (Å²) in [5.41, 5.74) is 5.46. The highest BCUT2D eigenvalue weighted by Gasteiger charge is 2.54. The Balaban J connectivity index is 1.73.